The molecule has 0 radical (unpaired) electrons. The molecule has 2 heterocycles. The highest BCUT2D eigenvalue weighted by atomic mass is 19.4. The van der Waals surface area contributed by atoms with Gasteiger partial charge in [-0.15, -0.1) is 0 Å². The summed E-state index contributed by atoms with van der Waals surface area (Å²) in [6, 6.07) is 20.3. The first-order valence-electron chi connectivity index (χ1n) is 8.14. The fourth-order valence-electron chi connectivity index (χ4n) is 3.04. The van der Waals surface area contributed by atoms with Crippen LogP contribution in [0.15, 0.2) is 72.9 Å². The Morgan fingerprint density at radius 2 is 1.42 bits per heavy atom. The van der Waals surface area contributed by atoms with Gasteiger partial charge < -0.3 is 0 Å². The van der Waals surface area contributed by atoms with Crippen LogP contribution in [0.4, 0.5) is 13.2 Å². The molecule has 0 saturated heterocycles. The van der Waals surface area contributed by atoms with Gasteiger partial charge in [0.05, 0.1) is 5.69 Å². The molecule has 0 atom stereocenters. The molecule has 0 bridgehead atoms. The fourth-order valence-corrected chi connectivity index (χ4v) is 3.04. The normalized spacial score (nSPS) is 11.8. The lowest BCUT2D eigenvalue weighted by Gasteiger charge is -2.10. The average molecular weight is 352 g/mol. The Morgan fingerprint density at radius 3 is 2.08 bits per heavy atom. The van der Waals surface area contributed by atoms with Gasteiger partial charge in [-0.1, -0.05) is 54.6 Å². The third-order valence-corrected chi connectivity index (χ3v) is 4.29. The van der Waals surface area contributed by atoms with E-state index in [0.717, 1.165) is 27.2 Å². The summed E-state index contributed by atoms with van der Waals surface area (Å²) in [4.78, 5) is 4.38. The van der Waals surface area contributed by atoms with E-state index in [-0.39, 0.29) is 0 Å². The maximum Gasteiger partial charge on any atom is 0.431 e. The summed E-state index contributed by atoms with van der Waals surface area (Å²) >= 11 is 0. The third kappa shape index (κ3) is 2.96. The maximum absolute atomic E-state index is 13.3. The Labute approximate surface area is 148 Å². The van der Waals surface area contributed by atoms with Crippen LogP contribution < -0.4 is 0 Å². The second kappa shape index (κ2) is 6.02. The highest BCUT2D eigenvalue weighted by molar-refractivity contribution is 5.70. The number of rotatable bonds is 2. The van der Waals surface area contributed by atoms with E-state index >= 15 is 0 Å². The number of pyridine rings is 1. The number of alkyl halides is 3. The van der Waals surface area contributed by atoms with Gasteiger partial charge in [0.15, 0.2) is 0 Å². The first-order chi connectivity index (χ1) is 12.4. The molecule has 4 aromatic rings. The zero-order valence-electron chi connectivity index (χ0n) is 14.0. The molecule has 0 amide bonds. The van der Waals surface area contributed by atoms with Gasteiger partial charge in [0.1, 0.15) is 11.3 Å². The molecule has 2 aromatic carbocycles. The van der Waals surface area contributed by atoms with E-state index in [4.69, 9.17) is 0 Å². The molecule has 4 rings (SSSR count). The molecule has 5 heteroatoms. The number of benzene rings is 2. The van der Waals surface area contributed by atoms with Crippen molar-refractivity contribution in [2.45, 2.75) is 13.1 Å². The van der Waals surface area contributed by atoms with Crippen molar-refractivity contribution in [3.8, 4) is 22.4 Å². The topological polar surface area (TPSA) is 17.3 Å². The van der Waals surface area contributed by atoms with Gasteiger partial charge in [-0.3, -0.25) is 4.40 Å². The molecule has 0 N–H and O–H groups in total. The Balaban J connectivity index is 1.78. The zero-order valence-corrected chi connectivity index (χ0v) is 14.0. The van der Waals surface area contributed by atoms with Crippen LogP contribution in [-0.2, 0) is 6.18 Å². The van der Waals surface area contributed by atoms with E-state index in [1.54, 1.807) is 13.0 Å². The summed E-state index contributed by atoms with van der Waals surface area (Å²) in [5.41, 5.74) is 3.53. The number of imidazole rings is 1. The number of hydrogen-bond donors (Lipinski definition) is 0. The number of halogens is 3. The summed E-state index contributed by atoms with van der Waals surface area (Å²) in [6.07, 6.45) is -2.99. The molecule has 2 aromatic heterocycles. The van der Waals surface area contributed by atoms with Gasteiger partial charge in [-0.25, -0.2) is 4.98 Å². The molecule has 0 unspecified atom stereocenters. The largest absolute Gasteiger partial charge is 0.431 e. The Bertz CT molecular complexity index is 1060. The molecule has 0 saturated carbocycles. The summed E-state index contributed by atoms with van der Waals surface area (Å²) in [7, 11) is 0. The monoisotopic (exact) mass is 352 g/mol. The van der Waals surface area contributed by atoms with Crippen LogP contribution in [0.5, 0.6) is 0 Å². The third-order valence-electron chi connectivity index (χ3n) is 4.29. The van der Waals surface area contributed by atoms with Crippen molar-refractivity contribution in [2.24, 2.45) is 0 Å². The molecule has 2 nitrogen and oxygen atoms in total. The number of aryl methyl sites for hydroxylation is 1. The molecule has 0 aliphatic heterocycles. The van der Waals surface area contributed by atoms with Crippen molar-refractivity contribution in [3.05, 3.63) is 84.2 Å². The Hall–Kier alpha value is -3.08. The van der Waals surface area contributed by atoms with Gasteiger partial charge in [0.2, 0.25) is 0 Å². The molecular weight excluding hydrogens is 337 g/mol. The molecule has 0 spiro atoms. The van der Waals surface area contributed by atoms with Crippen molar-refractivity contribution >= 4 is 5.65 Å². The molecule has 26 heavy (non-hydrogen) atoms. The summed E-state index contributed by atoms with van der Waals surface area (Å²) in [5.74, 6) is 0. The first-order valence-corrected chi connectivity index (χ1v) is 8.14. The molecule has 0 aliphatic rings. The van der Waals surface area contributed by atoms with Gasteiger partial charge in [-0.05, 0) is 35.7 Å². The first kappa shape index (κ1) is 16.4. The number of hydrogen-bond acceptors (Lipinski definition) is 1. The van der Waals surface area contributed by atoms with Gasteiger partial charge in [0, 0.05) is 11.8 Å². The van der Waals surface area contributed by atoms with E-state index in [0.29, 0.717) is 16.9 Å². The standard InChI is InChI=1S/C21H15F3N2/c1-14-11-19(21(22,23)24)26-13-18(25-20(26)12-14)17-9-7-16(8-10-17)15-5-3-2-4-6-15/h2-13H,1H3. The lowest BCUT2D eigenvalue weighted by atomic mass is 10.0. The van der Waals surface area contributed by atoms with Crippen LogP contribution in [0, 0.1) is 6.92 Å². The van der Waals surface area contributed by atoms with E-state index in [1.165, 1.54) is 6.20 Å². The van der Waals surface area contributed by atoms with Crippen LogP contribution in [0.3, 0.4) is 0 Å². The summed E-state index contributed by atoms with van der Waals surface area (Å²) in [6.45, 7) is 1.64. The summed E-state index contributed by atoms with van der Waals surface area (Å²) < 4.78 is 41.0. The minimum Gasteiger partial charge on any atom is -0.295 e. The van der Waals surface area contributed by atoms with Crippen molar-refractivity contribution < 1.29 is 13.2 Å². The lowest BCUT2D eigenvalue weighted by Crippen LogP contribution is -2.11. The second-order valence-corrected chi connectivity index (χ2v) is 6.21. The zero-order chi connectivity index (χ0) is 18.3. The quantitative estimate of drug-likeness (QED) is 0.433. The van der Waals surface area contributed by atoms with Gasteiger partial charge >= 0.3 is 6.18 Å². The fraction of sp³-hybridized carbons (Fsp3) is 0.0952. The molecule has 130 valence electrons. The summed E-state index contributed by atoms with van der Waals surface area (Å²) in [5, 5.41) is 0. The van der Waals surface area contributed by atoms with Gasteiger partial charge in [-0.2, -0.15) is 13.2 Å². The number of fused-ring (bicyclic) bond motifs is 1. The lowest BCUT2D eigenvalue weighted by molar-refractivity contribution is -0.142. The second-order valence-electron chi connectivity index (χ2n) is 6.21. The molecule has 0 aliphatic carbocycles. The Kier molecular flexibility index (Phi) is 3.80. The van der Waals surface area contributed by atoms with E-state index in [1.807, 2.05) is 54.6 Å². The maximum atomic E-state index is 13.3. The predicted octanol–water partition coefficient (Wildman–Crippen LogP) is 6.00. The van der Waals surface area contributed by atoms with Crippen molar-refractivity contribution in [1.29, 1.82) is 0 Å². The van der Waals surface area contributed by atoms with Crippen molar-refractivity contribution in [2.75, 3.05) is 0 Å². The minimum absolute atomic E-state index is 0.291. The van der Waals surface area contributed by atoms with Crippen molar-refractivity contribution in [3.63, 3.8) is 0 Å². The van der Waals surface area contributed by atoms with Crippen molar-refractivity contribution in [1.82, 2.24) is 9.38 Å². The highest BCUT2D eigenvalue weighted by Crippen LogP contribution is 2.32. The SMILES string of the molecule is Cc1cc(C(F)(F)F)n2cc(-c3ccc(-c4ccccc4)cc3)nc2c1. The minimum atomic E-state index is -4.43. The van der Waals surface area contributed by atoms with Crippen LogP contribution >= 0.6 is 0 Å². The number of aromatic nitrogens is 2. The van der Waals surface area contributed by atoms with Crippen LogP contribution in [0.25, 0.3) is 28.0 Å². The van der Waals surface area contributed by atoms with Gasteiger partial charge in [0.25, 0.3) is 0 Å². The smallest absolute Gasteiger partial charge is 0.295 e. The van der Waals surface area contributed by atoms with Crippen LogP contribution in [0.2, 0.25) is 0 Å². The Morgan fingerprint density at radius 1 is 0.808 bits per heavy atom. The molecular formula is C21H15F3N2. The predicted molar refractivity (Wildman–Crippen MR) is 95.8 cm³/mol. The van der Waals surface area contributed by atoms with Crippen LogP contribution in [-0.4, -0.2) is 9.38 Å². The van der Waals surface area contributed by atoms with E-state index in [2.05, 4.69) is 4.98 Å². The molecule has 0 fully saturated rings. The van der Waals surface area contributed by atoms with E-state index < -0.39 is 11.9 Å². The average Bonchev–Trinajstić information content (AvgIpc) is 3.05. The van der Waals surface area contributed by atoms with E-state index in [9.17, 15) is 13.2 Å². The van der Waals surface area contributed by atoms with Crippen LogP contribution in [0.1, 0.15) is 11.3 Å². The highest BCUT2D eigenvalue weighted by Gasteiger charge is 2.34. The number of nitrogens with zero attached hydrogens (tertiary/aromatic N) is 2.